The van der Waals surface area contributed by atoms with Crippen LogP contribution < -0.4 is 10.6 Å². The van der Waals surface area contributed by atoms with Gasteiger partial charge in [-0.05, 0) is 17.7 Å². The fourth-order valence-electron chi connectivity index (χ4n) is 1.60. The molecule has 2 amide bonds. The van der Waals surface area contributed by atoms with E-state index in [4.69, 9.17) is 18.0 Å². The van der Waals surface area contributed by atoms with Gasteiger partial charge < -0.3 is 10.6 Å². The Bertz CT molecular complexity index is 491. The zero-order valence-electron chi connectivity index (χ0n) is 10.6. The summed E-state index contributed by atoms with van der Waals surface area (Å²) >= 11 is 5.81. The van der Waals surface area contributed by atoms with Crippen molar-refractivity contribution < 1.29 is 9.59 Å². The number of halogens is 1. The van der Waals surface area contributed by atoms with Crippen LogP contribution in [0.15, 0.2) is 24.3 Å². The Morgan fingerprint density at radius 2 is 2.00 bits per heavy atom. The van der Waals surface area contributed by atoms with Crippen LogP contribution in [0, 0.1) is 12.3 Å². The van der Waals surface area contributed by atoms with Crippen LogP contribution in [0.5, 0.6) is 0 Å². The van der Waals surface area contributed by atoms with E-state index < -0.39 is 6.04 Å². The summed E-state index contributed by atoms with van der Waals surface area (Å²) in [4.78, 5) is 22.8. The Kier molecular flexibility index (Phi) is 5.91. The van der Waals surface area contributed by atoms with Crippen molar-refractivity contribution in [3.8, 4) is 12.3 Å². The Morgan fingerprint density at radius 1 is 1.37 bits per heavy atom. The van der Waals surface area contributed by atoms with Crippen molar-refractivity contribution in [2.45, 2.75) is 19.4 Å². The van der Waals surface area contributed by atoms with Crippen LogP contribution in [0.3, 0.4) is 0 Å². The lowest BCUT2D eigenvalue weighted by molar-refractivity contribution is -0.122. The van der Waals surface area contributed by atoms with Crippen molar-refractivity contribution in [1.29, 1.82) is 0 Å². The molecule has 0 radical (unpaired) electrons. The number of carbonyl (C=O) groups excluding carboxylic acids is 2. The summed E-state index contributed by atoms with van der Waals surface area (Å²) in [6.07, 6.45) is 5.19. The standard InChI is InChI=1S/C14H15ClN2O2/c1-3-8-16-14(19)9-13(17-10(2)18)11-4-6-12(15)7-5-11/h1,4-7,13H,8-9H2,2H3,(H,16,19)(H,17,18). The lowest BCUT2D eigenvalue weighted by Gasteiger charge is -2.17. The summed E-state index contributed by atoms with van der Waals surface area (Å²) < 4.78 is 0. The van der Waals surface area contributed by atoms with Crippen molar-refractivity contribution in [2.24, 2.45) is 0 Å². The fraction of sp³-hybridized carbons (Fsp3) is 0.286. The molecule has 0 aliphatic carbocycles. The second-order valence-electron chi connectivity index (χ2n) is 3.99. The molecule has 0 saturated heterocycles. The van der Waals surface area contributed by atoms with E-state index in [1.165, 1.54) is 6.92 Å². The molecule has 0 fully saturated rings. The lowest BCUT2D eigenvalue weighted by atomic mass is 10.0. The highest BCUT2D eigenvalue weighted by Gasteiger charge is 2.16. The smallest absolute Gasteiger partial charge is 0.223 e. The zero-order valence-corrected chi connectivity index (χ0v) is 11.3. The molecule has 1 rings (SSSR count). The van der Waals surface area contributed by atoms with Crippen molar-refractivity contribution >= 4 is 23.4 Å². The number of hydrogen-bond acceptors (Lipinski definition) is 2. The van der Waals surface area contributed by atoms with Gasteiger partial charge in [-0.3, -0.25) is 9.59 Å². The van der Waals surface area contributed by atoms with Gasteiger partial charge in [0.15, 0.2) is 0 Å². The molecule has 4 nitrogen and oxygen atoms in total. The van der Waals surface area contributed by atoms with Crippen molar-refractivity contribution in [1.82, 2.24) is 10.6 Å². The predicted octanol–water partition coefficient (Wildman–Crippen LogP) is 1.66. The van der Waals surface area contributed by atoms with Crippen LogP contribution in [-0.2, 0) is 9.59 Å². The molecule has 0 bridgehead atoms. The van der Waals surface area contributed by atoms with Gasteiger partial charge in [0.05, 0.1) is 19.0 Å². The number of carbonyl (C=O) groups is 2. The van der Waals surface area contributed by atoms with Crippen LogP contribution in [0.1, 0.15) is 24.9 Å². The molecule has 0 saturated carbocycles. The van der Waals surface area contributed by atoms with E-state index in [1.54, 1.807) is 24.3 Å². The molecular formula is C14H15ClN2O2. The Morgan fingerprint density at radius 3 is 2.53 bits per heavy atom. The maximum atomic E-state index is 11.7. The van der Waals surface area contributed by atoms with E-state index in [2.05, 4.69) is 16.6 Å². The Labute approximate surface area is 117 Å². The molecule has 1 atom stereocenters. The van der Waals surface area contributed by atoms with Gasteiger partial charge in [0.1, 0.15) is 0 Å². The molecule has 19 heavy (non-hydrogen) atoms. The maximum Gasteiger partial charge on any atom is 0.223 e. The Balaban J connectivity index is 2.77. The lowest BCUT2D eigenvalue weighted by Crippen LogP contribution is -2.32. The van der Waals surface area contributed by atoms with Crippen LogP contribution in [0.4, 0.5) is 0 Å². The zero-order chi connectivity index (χ0) is 14.3. The second-order valence-corrected chi connectivity index (χ2v) is 4.43. The number of amides is 2. The normalized spacial score (nSPS) is 11.2. The number of nitrogens with one attached hydrogen (secondary N) is 2. The van der Waals surface area contributed by atoms with E-state index >= 15 is 0 Å². The summed E-state index contributed by atoms with van der Waals surface area (Å²) in [6.45, 7) is 1.58. The van der Waals surface area contributed by atoms with Crippen LogP contribution in [0.25, 0.3) is 0 Å². The summed E-state index contributed by atoms with van der Waals surface area (Å²) in [5.41, 5.74) is 0.815. The van der Waals surface area contributed by atoms with Gasteiger partial charge in [-0.15, -0.1) is 6.42 Å². The highest BCUT2D eigenvalue weighted by molar-refractivity contribution is 6.30. The summed E-state index contributed by atoms with van der Waals surface area (Å²) in [7, 11) is 0. The molecule has 0 aromatic heterocycles. The van der Waals surface area contributed by atoms with E-state index in [0.717, 1.165) is 5.56 Å². The topological polar surface area (TPSA) is 58.2 Å². The van der Waals surface area contributed by atoms with E-state index in [1.807, 2.05) is 0 Å². The number of rotatable bonds is 5. The third-order valence-electron chi connectivity index (χ3n) is 2.43. The van der Waals surface area contributed by atoms with Crippen LogP contribution in [0.2, 0.25) is 5.02 Å². The largest absolute Gasteiger partial charge is 0.349 e. The minimum absolute atomic E-state index is 0.128. The predicted molar refractivity (Wildman–Crippen MR) is 74.5 cm³/mol. The van der Waals surface area contributed by atoms with Crippen molar-refractivity contribution in [2.75, 3.05) is 6.54 Å². The van der Waals surface area contributed by atoms with Gasteiger partial charge in [0.25, 0.3) is 0 Å². The maximum absolute atomic E-state index is 11.7. The first-order valence-corrected chi connectivity index (χ1v) is 6.13. The van der Waals surface area contributed by atoms with Crippen molar-refractivity contribution in [3.05, 3.63) is 34.9 Å². The molecule has 1 unspecified atom stereocenters. The monoisotopic (exact) mass is 278 g/mol. The summed E-state index contributed by atoms with van der Waals surface area (Å²) in [6, 6.07) is 6.58. The van der Waals surface area contributed by atoms with Gasteiger partial charge in [0.2, 0.25) is 11.8 Å². The average molecular weight is 279 g/mol. The molecule has 0 aliphatic rings. The quantitative estimate of drug-likeness (QED) is 0.805. The molecule has 2 N–H and O–H groups in total. The third kappa shape index (κ3) is 5.45. The molecular weight excluding hydrogens is 264 g/mol. The summed E-state index contributed by atoms with van der Waals surface area (Å²) in [5.74, 6) is 1.90. The first-order chi connectivity index (χ1) is 9.02. The molecule has 5 heteroatoms. The van der Waals surface area contributed by atoms with Crippen LogP contribution >= 0.6 is 11.6 Å². The second kappa shape index (κ2) is 7.45. The van der Waals surface area contributed by atoms with Crippen LogP contribution in [-0.4, -0.2) is 18.4 Å². The summed E-state index contributed by atoms with van der Waals surface area (Å²) in [5, 5.41) is 5.89. The van der Waals surface area contributed by atoms with Gasteiger partial charge >= 0.3 is 0 Å². The molecule has 0 aliphatic heterocycles. The minimum atomic E-state index is -0.396. The molecule has 1 aromatic carbocycles. The fourth-order valence-corrected chi connectivity index (χ4v) is 1.73. The third-order valence-corrected chi connectivity index (χ3v) is 2.68. The van der Waals surface area contributed by atoms with Gasteiger partial charge in [-0.25, -0.2) is 0 Å². The number of benzene rings is 1. The van der Waals surface area contributed by atoms with E-state index in [-0.39, 0.29) is 24.8 Å². The van der Waals surface area contributed by atoms with Crippen molar-refractivity contribution in [3.63, 3.8) is 0 Å². The molecule has 0 heterocycles. The first kappa shape index (κ1) is 15.1. The number of terminal acetylenes is 1. The Hall–Kier alpha value is -1.99. The van der Waals surface area contributed by atoms with Gasteiger partial charge in [0, 0.05) is 11.9 Å². The molecule has 0 spiro atoms. The SMILES string of the molecule is C#CCNC(=O)CC(NC(C)=O)c1ccc(Cl)cc1. The molecule has 100 valence electrons. The van der Waals surface area contributed by atoms with E-state index in [9.17, 15) is 9.59 Å². The number of hydrogen-bond donors (Lipinski definition) is 2. The highest BCUT2D eigenvalue weighted by Crippen LogP contribution is 2.19. The van der Waals surface area contributed by atoms with Gasteiger partial charge in [-0.1, -0.05) is 29.7 Å². The average Bonchev–Trinajstić information content (AvgIpc) is 2.36. The highest BCUT2D eigenvalue weighted by atomic mass is 35.5. The van der Waals surface area contributed by atoms with E-state index in [0.29, 0.717) is 5.02 Å². The van der Waals surface area contributed by atoms with Gasteiger partial charge in [-0.2, -0.15) is 0 Å². The minimum Gasteiger partial charge on any atom is -0.349 e. The molecule has 1 aromatic rings. The first-order valence-electron chi connectivity index (χ1n) is 5.75.